The van der Waals surface area contributed by atoms with Gasteiger partial charge in [-0.15, -0.1) is 0 Å². The van der Waals surface area contributed by atoms with Crippen molar-refractivity contribution in [2.24, 2.45) is 11.8 Å². The standard InChI is InChI=1S/C22H23N3O2/c1-13(2)16-9-6-7-14(3)20(16)25-22(27)18-11-17(18)21(26)24-19-10-5-4-8-15(19)12-23/h4-10,13,17-18H,11H2,1-3H3,(H,24,26)(H,25,27). The highest BCUT2D eigenvalue weighted by Gasteiger charge is 2.48. The Labute approximate surface area is 159 Å². The molecule has 0 bridgehead atoms. The molecule has 1 aliphatic rings. The number of para-hydroxylation sites is 2. The van der Waals surface area contributed by atoms with Crippen molar-refractivity contribution in [3.63, 3.8) is 0 Å². The monoisotopic (exact) mass is 361 g/mol. The van der Waals surface area contributed by atoms with Gasteiger partial charge < -0.3 is 10.6 Å². The topological polar surface area (TPSA) is 82.0 Å². The van der Waals surface area contributed by atoms with Gasteiger partial charge in [0.25, 0.3) is 0 Å². The molecule has 0 heterocycles. The number of nitrogens with one attached hydrogen (secondary N) is 2. The normalized spacial score (nSPS) is 17.9. The predicted molar refractivity (Wildman–Crippen MR) is 105 cm³/mol. The molecule has 0 saturated heterocycles. The molecule has 2 aromatic rings. The first-order chi connectivity index (χ1) is 12.9. The van der Waals surface area contributed by atoms with E-state index >= 15 is 0 Å². The highest BCUT2D eigenvalue weighted by Crippen LogP contribution is 2.41. The summed E-state index contributed by atoms with van der Waals surface area (Å²) in [7, 11) is 0. The molecule has 0 spiro atoms. The van der Waals surface area contributed by atoms with E-state index in [9.17, 15) is 9.59 Å². The summed E-state index contributed by atoms with van der Waals surface area (Å²) in [6, 6.07) is 14.9. The Morgan fingerprint density at radius 1 is 1.04 bits per heavy atom. The van der Waals surface area contributed by atoms with E-state index in [2.05, 4.69) is 30.6 Å². The summed E-state index contributed by atoms with van der Waals surface area (Å²) in [5.41, 5.74) is 3.84. The molecule has 138 valence electrons. The fourth-order valence-electron chi connectivity index (χ4n) is 3.25. The van der Waals surface area contributed by atoms with E-state index in [1.54, 1.807) is 24.3 Å². The van der Waals surface area contributed by atoms with E-state index < -0.39 is 0 Å². The number of hydrogen-bond donors (Lipinski definition) is 2. The molecule has 2 N–H and O–H groups in total. The third-order valence-corrected chi connectivity index (χ3v) is 4.94. The average molecular weight is 361 g/mol. The van der Waals surface area contributed by atoms with E-state index in [0.29, 0.717) is 23.6 Å². The molecule has 2 unspecified atom stereocenters. The molecule has 0 aliphatic heterocycles. The average Bonchev–Trinajstić information content (AvgIpc) is 3.44. The van der Waals surface area contributed by atoms with E-state index in [4.69, 9.17) is 5.26 Å². The van der Waals surface area contributed by atoms with Gasteiger partial charge in [-0.25, -0.2) is 0 Å². The summed E-state index contributed by atoms with van der Waals surface area (Å²) in [4.78, 5) is 25.1. The Balaban J connectivity index is 1.66. The Hall–Kier alpha value is -3.13. The molecular formula is C22H23N3O2. The molecule has 0 aromatic heterocycles. The van der Waals surface area contributed by atoms with Gasteiger partial charge in [0, 0.05) is 5.69 Å². The third-order valence-electron chi connectivity index (χ3n) is 4.94. The van der Waals surface area contributed by atoms with Crippen LogP contribution in [-0.2, 0) is 9.59 Å². The molecule has 2 aromatic carbocycles. The van der Waals surface area contributed by atoms with Crippen molar-refractivity contribution in [2.75, 3.05) is 10.6 Å². The van der Waals surface area contributed by atoms with Crippen LogP contribution in [0.4, 0.5) is 11.4 Å². The Kier molecular flexibility index (Phi) is 5.27. The van der Waals surface area contributed by atoms with E-state index in [1.165, 1.54) is 0 Å². The number of amides is 2. The van der Waals surface area contributed by atoms with Crippen LogP contribution in [0.5, 0.6) is 0 Å². The van der Waals surface area contributed by atoms with Gasteiger partial charge in [-0.05, 0) is 42.5 Å². The van der Waals surface area contributed by atoms with Crippen LogP contribution in [0.25, 0.3) is 0 Å². The molecule has 1 saturated carbocycles. The van der Waals surface area contributed by atoms with Gasteiger partial charge in [-0.3, -0.25) is 9.59 Å². The van der Waals surface area contributed by atoms with Crippen LogP contribution in [0.1, 0.15) is 42.9 Å². The zero-order chi connectivity index (χ0) is 19.6. The number of rotatable bonds is 5. The highest BCUT2D eigenvalue weighted by atomic mass is 16.2. The first-order valence-corrected chi connectivity index (χ1v) is 9.12. The third kappa shape index (κ3) is 4.01. The quantitative estimate of drug-likeness (QED) is 0.837. The molecular weight excluding hydrogens is 338 g/mol. The van der Waals surface area contributed by atoms with Crippen molar-refractivity contribution < 1.29 is 9.59 Å². The first kappa shape index (κ1) is 18.7. The zero-order valence-electron chi connectivity index (χ0n) is 15.7. The van der Waals surface area contributed by atoms with Gasteiger partial charge in [0.05, 0.1) is 23.1 Å². The summed E-state index contributed by atoms with van der Waals surface area (Å²) >= 11 is 0. The lowest BCUT2D eigenvalue weighted by molar-refractivity contribution is -0.122. The molecule has 2 atom stereocenters. The molecule has 0 radical (unpaired) electrons. The Morgan fingerprint density at radius 2 is 1.70 bits per heavy atom. The summed E-state index contributed by atoms with van der Waals surface area (Å²) in [5, 5.41) is 14.9. The second-order valence-corrected chi connectivity index (χ2v) is 7.28. The largest absolute Gasteiger partial charge is 0.325 e. The Morgan fingerprint density at radius 3 is 2.37 bits per heavy atom. The summed E-state index contributed by atoms with van der Waals surface area (Å²) in [6.07, 6.45) is 0.523. The number of carbonyl (C=O) groups is 2. The van der Waals surface area contributed by atoms with Crippen molar-refractivity contribution in [1.29, 1.82) is 5.26 Å². The van der Waals surface area contributed by atoms with Crippen LogP contribution in [0.2, 0.25) is 0 Å². The lowest BCUT2D eigenvalue weighted by atomic mass is 9.98. The molecule has 5 nitrogen and oxygen atoms in total. The van der Waals surface area contributed by atoms with E-state index in [-0.39, 0.29) is 23.7 Å². The second-order valence-electron chi connectivity index (χ2n) is 7.28. The van der Waals surface area contributed by atoms with Crippen molar-refractivity contribution in [1.82, 2.24) is 0 Å². The van der Waals surface area contributed by atoms with E-state index in [0.717, 1.165) is 16.8 Å². The first-order valence-electron chi connectivity index (χ1n) is 9.12. The van der Waals surface area contributed by atoms with Gasteiger partial charge in [-0.2, -0.15) is 5.26 Å². The minimum Gasteiger partial charge on any atom is -0.325 e. The maximum Gasteiger partial charge on any atom is 0.228 e. The summed E-state index contributed by atoms with van der Waals surface area (Å²) in [5.74, 6) is -0.741. The highest BCUT2D eigenvalue weighted by molar-refractivity contribution is 6.04. The SMILES string of the molecule is Cc1cccc(C(C)C)c1NC(=O)C1CC1C(=O)Nc1ccccc1C#N. The van der Waals surface area contributed by atoms with Crippen molar-refractivity contribution in [2.45, 2.75) is 33.1 Å². The lowest BCUT2D eigenvalue weighted by Gasteiger charge is -2.16. The minimum atomic E-state index is -0.358. The molecule has 1 fully saturated rings. The molecule has 2 amide bonds. The van der Waals surface area contributed by atoms with Gasteiger partial charge in [0.15, 0.2) is 0 Å². The lowest BCUT2D eigenvalue weighted by Crippen LogP contribution is -2.21. The van der Waals surface area contributed by atoms with Crippen LogP contribution in [0.15, 0.2) is 42.5 Å². The number of benzene rings is 2. The molecule has 5 heteroatoms. The van der Waals surface area contributed by atoms with E-state index in [1.807, 2.05) is 25.1 Å². The molecule has 3 rings (SSSR count). The number of nitrogens with zero attached hydrogens (tertiary/aromatic N) is 1. The van der Waals surface area contributed by atoms with Gasteiger partial charge in [0.2, 0.25) is 11.8 Å². The predicted octanol–water partition coefficient (Wildman–Crippen LogP) is 4.20. The van der Waals surface area contributed by atoms with Gasteiger partial charge >= 0.3 is 0 Å². The number of nitriles is 1. The number of carbonyl (C=O) groups excluding carboxylic acids is 2. The van der Waals surface area contributed by atoms with Crippen LogP contribution >= 0.6 is 0 Å². The minimum absolute atomic E-state index is 0.125. The van der Waals surface area contributed by atoms with Crippen molar-refractivity contribution in [3.05, 3.63) is 59.2 Å². The fraction of sp³-hybridized carbons (Fsp3) is 0.318. The number of aryl methyl sites for hydroxylation is 1. The van der Waals surface area contributed by atoms with Crippen LogP contribution in [-0.4, -0.2) is 11.8 Å². The van der Waals surface area contributed by atoms with Crippen molar-refractivity contribution in [3.8, 4) is 6.07 Å². The van der Waals surface area contributed by atoms with Crippen LogP contribution in [0.3, 0.4) is 0 Å². The Bertz CT molecular complexity index is 927. The van der Waals surface area contributed by atoms with Crippen LogP contribution in [0, 0.1) is 30.1 Å². The van der Waals surface area contributed by atoms with Crippen LogP contribution < -0.4 is 10.6 Å². The molecule has 27 heavy (non-hydrogen) atoms. The summed E-state index contributed by atoms with van der Waals surface area (Å²) < 4.78 is 0. The fourth-order valence-corrected chi connectivity index (χ4v) is 3.25. The maximum absolute atomic E-state index is 12.6. The number of hydrogen-bond acceptors (Lipinski definition) is 3. The molecule has 1 aliphatic carbocycles. The smallest absolute Gasteiger partial charge is 0.228 e. The second kappa shape index (κ2) is 7.63. The van der Waals surface area contributed by atoms with Gasteiger partial charge in [0.1, 0.15) is 6.07 Å². The number of anilines is 2. The van der Waals surface area contributed by atoms with Gasteiger partial charge in [-0.1, -0.05) is 44.2 Å². The summed E-state index contributed by atoms with van der Waals surface area (Å²) in [6.45, 7) is 6.15. The van der Waals surface area contributed by atoms with Crippen molar-refractivity contribution >= 4 is 23.2 Å². The zero-order valence-corrected chi connectivity index (χ0v) is 15.7. The maximum atomic E-state index is 12.6.